The Hall–Kier alpha value is -1.29. The highest BCUT2D eigenvalue weighted by molar-refractivity contribution is 7.96. The molecule has 1 aromatic rings. The van der Waals surface area contributed by atoms with E-state index in [-0.39, 0.29) is 11.5 Å². The molecule has 1 aromatic carbocycles. The Balaban J connectivity index is 0.000000423. The van der Waals surface area contributed by atoms with Crippen LogP contribution in [0.15, 0.2) is 30.3 Å². The number of carboxylic acid groups (broad SMARTS) is 1. The normalized spacial score (nSPS) is 8.67. The van der Waals surface area contributed by atoms with Crippen molar-refractivity contribution in [2.24, 2.45) is 0 Å². The number of thiol groups is 1. The van der Waals surface area contributed by atoms with Crippen LogP contribution in [-0.4, -0.2) is 16.2 Å². The first-order valence-electron chi connectivity index (χ1n) is 4.47. The molecule has 0 atom stereocenters. The first-order valence-corrected chi connectivity index (χ1v) is 4.92. The lowest BCUT2D eigenvalue weighted by Crippen LogP contribution is -1.96. The minimum absolute atomic E-state index is 0.139. The summed E-state index contributed by atoms with van der Waals surface area (Å²) in [6.45, 7) is 1.39. The molecular formula is C11H14O3S. The van der Waals surface area contributed by atoms with E-state index in [0.29, 0.717) is 6.42 Å². The van der Waals surface area contributed by atoms with Gasteiger partial charge < -0.3 is 5.11 Å². The lowest BCUT2D eigenvalue weighted by Gasteiger charge is -1.95. The van der Waals surface area contributed by atoms with Crippen LogP contribution in [-0.2, 0) is 16.0 Å². The average molecular weight is 226 g/mol. The lowest BCUT2D eigenvalue weighted by molar-refractivity contribution is -0.137. The molecule has 0 heterocycles. The SMILES string of the molecule is CC(=O)S.O=C(O)CCc1ccccc1. The van der Waals surface area contributed by atoms with Gasteiger partial charge in [-0.2, -0.15) is 0 Å². The molecule has 0 aliphatic carbocycles. The quantitative estimate of drug-likeness (QED) is 0.777. The molecule has 0 aliphatic rings. The van der Waals surface area contributed by atoms with Crippen LogP contribution in [0.5, 0.6) is 0 Å². The van der Waals surface area contributed by atoms with Crippen molar-refractivity contribution in [2.45, 2.75) is 19.8 Å². The molecule has 3 nitrogen and oxygen atoms in total. The zero-order valence-corrected chi connectivity index (χ0v) is 9.41. The Kier molecular flexibility index (Phi) is 7.36. The van der Waals surface area contributed by atoms with Crippen LogP contribution < -0.4 is 0 Å². The van der Waals surface area contributed by atoms with E-state index in [1.54, 1.807) is 0 Å². The third-order valence-electron chi connectivity index (χ3n) is 1.47. The minimum Gasteiger partial charge on any atom is -0.481 e. The molecule has 4 heteroatoms. The first-order chi connectivity index (χ1) is 7.02. The Morgan fingerprint density at radius 2 is 1.73 bits per heavy atom. The van der Waals surface area contributed by atoms with Crippen molar-refractivity contribution in [3.8, 4) is 0 Å². The van der Waals surface area contributed by atoms with Gasteiger partial charge in [-0.3, -0.25) is 9.59 Å². The van der Waals surface area contributed by atoms with E-state index >= 15 is 0 Å². The van der Waals surface area contributed by atoms with E-state index in [9.17, 15) is 9.59 Å². The fourth-order valence-electron chi connectivity index (χ4n) is 0.896. The topological polar surface area (TPSA) is 54.4 Å². The maximum absolute atomic E-state index is 10.2. The zero-order chi connectivity index (χ0) is 11.7. The fraction of sp³-hybridized carbons (Fsp3) is 0.273. The summed E-state index contributed by atoms with van der Waals surface area (Å²) in [6.07, 6.45) is 0.834. The van der Waals surface area contributed by atoms with E-state index in [0.717, 1.165) is 5.56 Å². The third kappa shape index (κ3) is 10.6. The number of benzene rings is 1. The van der Waals surface area contributed by atoms with Crippen molar-refractivity contribution in [2.75, 3.05) is 0 Å². The lowest BCUT2D eigenvalue weighted by atomic mass is 10.1. The minimum atomic E-state index is -0.742. The Morgan fingerprint density at radius 3 is 2.13 bits per heavy atom. The number of hydrogen-bond donors (Lipinski definition) is 2. The van der Waals surface area contributed by atoms with Gasteiger partial charge in [0.1, 0.15) is 0 Å². The standard InChI is InChI=1S/C9H10O2.C2H4OS/c10-9(11)7-6-8-4-2-1-3-5-8;1-2(3)4/h1-5H,6-7H2,(H,10,11);1H3,(H,3,4). The molecule has 0 saturated heterocycles. The fourth-order valence-corrected chi connectivity index (χ4v) is 0.896. The molecule has 82 valence electrons. The van der Waals surface area contributed by atoms with Gasteiger partial charge in [-0.15, -0.1) is 12.6 Å². The van der Waals surface area contributed by atoms with E-state index < -0.39 is 5.97 Å². The number of hydrogen-bond acceptors (Lipinski definition) is 2. The van der Waals surface area contributed by atoms with Crippen LogP contribution >= 0.6 is 12.6 Å². The van der Waals surface area contributed by atoms with Crippen molar-refractivity contribution in [1.29, 1.82) is 0 Å². The number of carbonyl (C=O) groups excluding carboxylic acids is 1. The molecule has 0 saturated carbocycles. The summed E-state index contributed by atoms with van der Waals surface area (Å²) in [7, 11) is 0. The van der Waals surface area contributed by atoms with Crippen LogP contribution in [0.1, 0.15) is 18.9 Å². The molecule has 0 spiro atoms. The molecule has 0 amide bonds. The summed E-state index contributed by atoms with van der Waals surface area (Å²) in [5.41, 5.74) is 1.08. The van der Waals surface area contributed by atoms with Crippen LogP contribution in [0.4, 0.5) is 0 Å². The van der Waals surface area contributed by atoms with Crippen molar-refractivity contribution in [3.63, 3.8) is 0 Å². The summed E-state index contributed by atoms with van der Waals surface area (Å²) in [5.74, 6) is -0.742. The van der Waals surface area contributed by atoms with Crippen LogP contribution in [0.25, 0.3) is 0 Å². The van der Waals surface area contributed by atoms with Gasteiger partial charge in [-0.25, -0.2) is 0 Å². The monoisotopic (exact) mass is 226 g/mol. The van der Waals surface area contributed by atoms with Gasteiger partial charge in [0.25, 0.3) is 0 Å². The van der Waals surface area contributed by atoms with Crippen LogP contribution in [0.3, 0.4) is 0 Å². The molecular weight excluding hydrogens is 212 g/mol. The number of aliphatic carboxylic acids is 1. The summed E-state index contributed by atoms with van der Waals surface area (Å²) < 4.78 is 0. The molecule has 1 rings (SSSR count). The second-order valence-corrected chi connectivity index (χ2v) is 3.53. The Labute approximate surface area is 94.5 Å². The number of carbonyl (C=O) groups is 2. The van der Waals surface area contributed by atoms with Crippen molar-refractivity contribution in [1.82, 2.24) is 0 Å². The van der Waals surface area contributed by atoms with Crippen LogP contribution in [0, 0.1) is 0 Å². The number of aryl methyl sites for hydroxylation is 1. The Morgan fingerprint density at radius 1 is 1.27 bits per heavy atom. The zero-order valence-electron chi connectivity index (χ0n) is 8.51. The molecule has 1 N–H and O–H groups in total. The smallest absolute Gasteiger partial charge is 0.303 e. The maximum atomic E-state index is 10.2. The number of carboxylic acids is 1. The van der Waals surface area contributed by atoms with Crippen molar-refractivity contribution < 1.29 is 14.7 Å². The van der Waals surface area contributed by atoms with Gasteiger partial charge in [0.15, 0.2) is 5.12 Å². The highest BCUT2D eigenvalue weighted by Gasteiger charge is 1.96. The number of rotatable bonds is 3. The molecule has 0 fully saturated rings. The van der Waals surface area contributed by atoms with E-state index in [4.69, 9.17) is 5.11 Å². The Bertz CT molecular complexity index is 305. The maximum Gasteiger partial charge on any atom is 0.303 e. The first kappa shape index (κ1) is 13.7. The third-order valence-corrected chi connectivity index (χ3v) is 1.47. The summed E-state index contributed by atoms with van der Waals surface area (Å²) in [4.78, 5) is 19.5. The predicted molar refractivity (Wildman–Crippen MR) is 62.1 cm³/mol. The van der Waals surface area contributed by atoms with E-state index in [1.165, 1.54) is 6.92 Å². The van der Waals surface area contributed by atoms with E-state index in [2.05, 4.69) is 12.6 Å². The summed E-state index contributed by atoms with van der Waals surface area (Å²) >= 11 is 3.33. The largest absolute Gasteiger partial charge is 0.481 e. The summed E-state index contributed by atoms with van der Waals surface area (Å²) in [5, 5.41) is 8.24. The molecule has 15 heavy (non-hydrogen) atoms. The highest BCUT2D eigenvalue weighted by Crippen LogP contribution is 2.01. The van der Waals surface area contributed by atoms with Gasteiger partial charge in [-0.05, 0) is 12.0 Å². The highest BCUT2D eigenvalue weighted by atomic mass is 32.1. The molecule has 0 aromatic heterocycles. The second-order valence-electron chi connectivity index (χ2n) is 2.90. The van der Waals surface area contributed by atoms with Gasteiger partial charge in [0.2, 0.25) is 0 Å². The molecule has 0 radical (unpaired) electrons. The van der Waals surface area contributed by atoms with Crippen molar-refractivity contribution in [3.05, 3.63) is 35.9 Å². The summed E-state index contributed by atoms with van der Waals surface area (Å²) in [6, 6.07) is 9.62. The molecule has 0 unspecified atom stereocenters. The van der Waals surface area contributed by atoms with Crippen LogP contribution in [0.2, 0.25) is 0 Å². The molecule has 0 aliphatic heterocycles. The van der Waals surface area contributed by atoms with E-state index in [1.807, 2.05) is 30.3 Å². The van der Waals surface area contributed by atoms with Gasteiger partial charge in [-0.1, -0.05) is 30.3 Å². The molecule has 0 bridgehead atoms. The predicted octanol–water partition coefficient (Wildman–Crippen LogP) is 2.17. The average Bonchev–Trinajstić information content (AvgIpc) is 2.15. The second kappa shape index (κ2) is 8.05. The van der Waals surface area contributed by atoms with Crippen molar-refractivity contribution >= 4 is 23.7 Å². The van der Waals surface area contributed by atoms with Gasteiger partial charge >= 0.3 is 5.97 Å². The van der Waals surface area contributed by atoms with Gasteiger partial charge in [0.05, 0.1) is 0 Å². The van der Waals surface area contributed by atoms with Gasteiger partial charge in [0, 0.05) is 13.3 Å².